The predicted molar refractivity (Wildman–Crippen MR) is 177 cm³/mol. The molecule has 2 aromatic heterocycles. The van der Waals surface area contributed by atoms with E-state index in [2.05, 4.69) is 0 Å². The fraction of sp³-hybridized carbons (Fsp3) is 0.647. The molecule has 0 saturated heterocycles. The van der Waals surface area contributed by atoms with E-state index in [1.807, 2.05) is 6.92 Å². The number of hydrogen-bond donors (Lipinski definition) is 1. The quantitative estimate of drug-likeness (QED) is 0.182. The van der Waals surface area contributed by atoms with E-state index in [1.165, 1.54) is 6.20 Å². The molecule has 0 spiro atoms. The number of carboxylic acids is 1. The molecule has 0 aliphatic heterocycles. The van der Waals surface area contributed by atoms with Gasteiger partial charge in [-0.1, -0.05) is 40.5 Å². The van der Waals surface area contributed by atoms with Crippen molar-refractivity contribution in [2.24, 2.45) is 11.8 Å². The lowest BCUT2D eigenvalue weighted by Gasteiger charge is -2.25. The zero-order chi connectivity index (χ0) is 38.7. The van der Waals surface area contributed by atoms with Crippen molar-refractivity contribution in [1.29, 1.82) is 0 Å². The Kier molecular flexibility index (Phi) is 16.9. The van der Waals surface area contributed by atoms with Crippen molar-refractivity contribution in [2.45, 2.75) is 84.7 Å². The van der Waals surface area contributed by atoms with Crippen LogP contribution in [0.1, 0.15) is 81.8 Å². The second-order valence-electron chi connectivity index (χ2n) is 12.8. The van der Waals surface area contributed by atoms with Gasteiger partial charge in [-0.05, 0) is 70.9 Å². The van der Waals surface area contributed by atoms with Gasteiger partial charge in [0.15, 0.2) is 0 Å². The number of esters is 1. The molecule has 284 valence electrons. The zero-order valence-electron chi connectivity index (χ0n) is 30.1. The summed E-state index contributed by atoms with van der Waals surface area (Å²) >= 11 is 0. The molecule has 0 bridgehead atoms. The first-order chi connectivity index (χ1) is 23.0. The molecular formula is C34H50F6N4O6. The van der Waals surface area contributed by atoms with E-state index in [4.69, 9.17) is 4.74 Å². The summed E-state index contributed by atoms with van der Waals surface area (Å²) < 4.78 is 86.6. The van der Waals surface area contributed by atoms with Crippen LogP contribution in [0.2, 0.25) is 0 Å². The van der Waals surface area contributed by atoms with E-state index >= 15 is 0 Å². The average Bonchev–Trinajstić information content (AvgIpc) is 3.00. The number of pyridine rings is 2. The minimum atomic E-state index is -4.66. The molecular weight excluding hydrogens is 674 g/mol. The van der Waals surface area contributed by atoms with Gasteiger partial charge in [-0.3, -0.25) is 9.59 Å². The van der Waals surface area contributed by atoms with Gasteiger partial charge in [0.05, 0.1) is 17.7 Å². The first kappa shape index (κ1) is 44.4. The molecule has 2 aromatic rings. The number of aromatic nitrogens is 2. The van der Waals surface area contributed by atoms with Crippen LogP contribution in [0.5, 0.6) is 0 Å². The highest BCUT2D eigenvalue weighted by molar-refractivity contribution is 5.74. The number of rotatable bonds is 15. The van der Waals surface area contributed by atoms with E-state index in [0.717, 1.165) is 15.3 Å². The molecule has 0 saturated carbocycles. The lowest BCUT2D eigenvalue weighted by Crippen LogP contribution is -2.36. The Morgan fingerprint density at radius 1 is 0.740 bits per heavy atom. The number of ether oxygens (including phenoxy) is 1. The number of alkyl halides is 6. The first-order valence-corrected chi connectivity index (χ1v) is 16.3. The molecule has 16 heteroatoms. The van der Waals surface area contributed by atoms with Crippen molar-refractivity contribution in [3.05, 3.63) is 67.5 Å². The van der Waals surface area contributed by atoms with Crippen LogP contribution in [-0.4, -0.2) is 83.9 Å². The molecule has 2 unspecified atom stereocenters. The van der Waals surface area contributed by atoms with Crippen LogP contribution in [0, 0.1) is 11.8 Å². The van der Waals surface area contributed by atoms with Crippen LogP contribution in [0.25, 0.3) is 0 Å². The monoisotopic (exact) mass is 724 g/mol. The molecule has 0 radical (unpaired) electrons. The third kappa shape index (κ3) is 12.6. The molecule has 4 atom stereocenters. The Labute approximate surface area is 288 Å². The summed E-state index contributed by atoms with van der Waals surface area (Å²) in [5.41, 5.74) is -3.85. The lowest BCUT2D eigenvalue weighted by molar-refractivity contribution is -0.149. The Bertz CT molecular complexity index is 1530. The average molecular weight is 725 g/mol. The minimum absolute atomic E-state index is 0.0107. The first-order valence-electron chi connectivity index (χ1n) is 16.3. The van der Waals surface area contributed by atoms with Gasteiger partial charge in [-0.25, -0.2) is 9.59 Å². The predicted octanol–water partition coefficient (Wildman–Crippen LogP) is 5.76. The topological polar surface area (TPSA) is 114 Å². The molecule has 10 nitrogen and oxygen atoms in total. The van der Waals surface area contributed by atoms with E-state index in [-0.39, 0.29) is 36.5 Å². The molecule has 2 rings (SSSR count). The number of hydrogen-bond acceptors (Lipinski definition) is 7. The third-order valence-electron chi connectivity index (χ3n) is 8.34. The van der Waals surface area contributed by atoms with Crippen LogP contribution in [0.3, 0.4) is 0 Å². The Morgan fingerprint density at radius 3 is 1.40 bits per heavy atom. The van der Waals surface area contributed by atoms with Gasteiger partial charge in [0.25, 0.3) is 11.1 Å². The van der Waals surface area contributed by atoms with Gasteiger partial charge in [-0.15, -0.1) is 0 Å². The molecule has 2 heterocycles. The zero-order valence-corrected chi connectivity index (χ0v) is 30.1. The van der Waals surface area contributed by atoms with Gasteiger partial charge in [0, 0.05) is 37.6 Å². The Balaban J connectivity index is 0.000000502. The summed E-state index contributed by atoms with van der Waals surface area (Å²) in [6, 6.07) is -1.06. The van der Waals surface area contributed by atoms with Gasteiger partial charge in [0.2, 0.25) is 0 Å². The molecule has 1 N–H and O–H groups in total. The Hall–Kier alpha value is -3.66. The van der Waals surface area contributed by atoms with E-state index in [9.17, 15) is 50.6 Å². The fourth-order valence-corrected chi connectivity index (χ4v) is 5.16. The summed E-state index contributed by atoms with van der Waals surface area (Å²) in [7, 11) is 6.96. The smallest absolute Gasteiger partial charge is 0.416 e. The van der Waals surface area contributed by atoms with E-state index in [1.54, 1.807) is 65.7 Å². The standard InChI is InChI=1S/C18H27F3N2O3.C16H23F3N2O3/c1-6-12(3)16(17(25)26-7-2)23-11-13(8-9-22(4)5)14(10-15(23)24)18(19,20)21;1-5-10(2)14(15(23)24)21-9-11(6-7-20(3)4)12(8-13(21)22)16(17,18)19/h10-12,16H,6-9H2,1-5H3;8-10,14H,5-7H2,1-4H3,(H,23,24)/t12-,16?;10-,14?/m11/s1. The third-order valence-corrected chi connectivity index (χ3v) is 8.34. The van der Waals surface area contributed by atoms with E-state index in [0.29, 0.717) is 38.1 Å². The van der Waals surface area contributed by atoms with Crippen molar-refractivity contribution in [3.63, 3.8) is 0 Å². The maximum Gasteiger partial charge on any atom is 0.416 e. The van der Waals surface area contributed by atoms with Gasteiger partial charge < -0.3 is 28.8 Å². The second-order valence-corrected chi connectivity index (χ2v) is 12.8. The fourth-order valence-electron chi connectivity index (χ4n) is 5.16. The van der Waals surface area contributed by atoms with Crippen LogP contribution in [-0.2, 0) is 39.5 Å². The SMILES string of the molecule is CCOC(=O)C([C@H](C)CC)n1cc(CCN(C)C)c(C(F)(F)F)cc1=O.CC[C@@H](C)C(C(=O)O)n1cc(CCN(C)C)c(C(F)(F)F)cc1=O. The number of nitrogens with zero attached hydrogens (tertiary/aromatic N) is 4. The molecule has 50 heavy (non-hydrogen) atoms. The number of carbonyl (C=O) groups is 2. The van der Waals surface area contributed by atoms with Crippen LogP contribution >= 0.6 is 0 Å². The van der Waals surface area contributed by atoms with Gasteiger partial charge >= 0.3 is 24.3 Å². The van der Waals surface area contributed by atoms with Crippen LogP contribution in [0.15, 0.2) is 34.1 Å². The summed E-state index contributed by atoms with van der Waals surface area (Å²) in [5.74, 6) is -2.49. The number of carboxylic acid groups (broad SMARTS) is 1. The van der Waals surface area contributed by atoms with Gasteiger partial charge in [0.1, 0.15) is 12.1 Å². The molecule has 0 aromatic carbocycles. The van der Waals surface area contributed by atoms with Crippen molar-refractivity contribution in [1.82, 2.24) is 18.9 Å². The Morgan fingerprint density at radius 2 is 1.10 bits per heavy atom. The molecule has 0 amide bonds. The normalized spacial score (nSPS) is 14.5. The summed E-state index contributed by atoms with van der Waals surface area (Å²) in [5, 5.41) is 9.40. The largest absolute Gasteiger partial charge is 0.480 e. The van der Waals surface area contributed by atoms with Crippen molar-refractivity contribution in [3.8, 4) is 0 Å². The highest BCUT2D eigenvalue weighted by Gasteiger charge is 2.37. The highest BCUT2D eigenvalue weighted by atomic mass is 19.4. The van der Waals surface area contributed by atoms with Gasteiger partial charge in [-0.2, -0.15) is 26.3 Å². The van der Waals surface area contributed by atoms with Crippen molar-refractivity contribution in [2.75, 3.05) is 47.9 Å². The van der Waals surface area contributed by atoms with Crippen molar-refractivity contribution >= 4 is 11.9 Å². The maximum absolute atomic E-state index is 13.3. The highest BCUT2D eigenvalue weighted by Crippen LogP contribution is 2.34. The maximum atomic E-state index is 13.3. The summed E-state index contributed by atoms with van der Waals surface area (Å²) in [6.45, 7) is 9.55. The van der Waals surface area contributed by atoms with Crippen LogP contribution < -0.4 is 11.1 Å². The summed E-state index contributed by atoms with van der Waals surface area (Å²) in [4.78, 5) is 51.9. The molecule has 0 aliphatic carbocycles. The number of carbonyl (C=O) groups excluding carboxylic acids is 1. The molecule has 0 fully saturated rings. The number of halogens is 6. The number of aliphatic carboxylic acids is 1. The van der Waals surface area contributed by atoms with E-state index < -0.39 is 64.5 Å². The number of likely N-dealkylation sites (N-methyl/N-ethyl adjacent to an activating group) is 2. The molecule has 0 aliphatic rings. The lowest BCUT2D eigenvalue weighted by atomic mass is 9.97. The van der Waals surface area contributed by atoms with Crippen molar-refractivity contribution < 1.29 is 45.8 Å². The summed E-state index contributed by atoms with van der Waals surface area (Å²) in [6.07, 6.45) is -5.83. The minimum Gasteiger partial charge on any atom is -0.480 e. The second kappa shape index (κ2) is 19.1. The van der Waals surface area contributed by atoms with Crippen LogP contribution in [0.4, 0.5) is 26.3 Å².